The quantitative estimate of drug-likeness (QED) is 0.393. The second-order valence-electron chi connectivity index (χ2n) is 10.6. The van der Waals surface area contributed by atoms with E-state index in [1.807, 2.05) is 95.3 Å². The second kappa shape index (κ2) is 10.8. The van der Waals surface area contributed by atoms with E-state index >= 15 is 0 Å². The van der Waals surface area contributed by atoms with Gasteiger partial charge in [0, 0.05) is 12.1 Å². The Hall–Kier alpha value is -3.64. The SMILES string of the molecule is Cc1ccc(-c2c3c(cc(C)c2C(OC(C)(C)C)C(=O)O)N(C(=O)OCc2ccccc2)CCC3)cc1. The molecule has 1 N–H and O–H groups in total. The number of carbonyl (C=O) groups excluding carboxylic acids is 1. The molecule has 6 nitrogen and oxygen atoms in total. The van der Waals surface area contributed by atoms with Crippen LogP contribution in [0.5, 0.6) is 0 Å². The molecule has 6 heteroatoms. The molecule has 1 aliphatic rings. The summed E-state index contributed by atoms with van der Waals surface area (Å²) in [4.78, 5) is 27.4. The Bertz CT molecular complexity index is 1280. The van der Waals surface area contributed by atoms with Gasteiger partial charge in [0.1, 0.15) is 6.61 Å². The van der Waals surface area contributed by atoms with E-state index in [1.165, 1.54) is 0 Å². The second-order valence-corrected chi connectivity index (χ2v) is 10.6. The molecular formula is C31H35NO5. The lowest BCUT2D eigenvalue weighted by atomic mass is 9.83. The van der Waals surface area contributed by atoms with Crippen LogP contribution in [0.25, 0.3) is 11.1 Å². The highest BCUT2D eigenvalue weighted by Gasteiger charge is 2.35. The monoisotopic (exact) mass is 501 g/mol. The number of anilines is 1. The zero-order valence-electron chi connectivity index (χ0n) is 22.2. The summed E-state index contributed by atoms with van der Waals surface area (Å²) in [5, 5.41) is 10.2. The minimum atomic E-state index is -1.15. The largest absolute Gasteiger partial charge is 0.479 e. The predicted molar refractivity (Wildman–Crippen MR) is 145 cm³/mol. The first kappa shape index (κ1) is 26.4. The summed E-state index contributed by atoms with van der Waals surface area (Å²) < 4.78 is 11.8. The lowest BCUT2D eigenvalue weighted by Crippen LogP contribution is -2.36. The molecule has 1 atom stereocenters. The van der Waals surface area contributed by atoms with Crippen LogP contribution in [0.1, 0.15) is 61.1 Å². The molecule has 1 heterocycles. The highest BCUT2D eigenvalue weighted by Crippen LogP contribution is 2.44. The van der Waals surface area contributed by atoms with Crippen LogP contribution < -0.4 is 4.90 Å². The van der Waals surface area contributed by atoms with Crippen molar-refractivity contribution in [1.29, 1.82) is 0 Å². The van der Waals surface area contributed by atoms with Crippen molar-refractivity contribution in [3.8, 4) is 11.1 Å². The van der Waals surface area contributed by atoms with E-state index in [9.17, 15) is 14.7 Å². The van der Waals surface area contributed by atoms with Crippen molar-refractivity contribution in [2.45, 2.75) is 65.8 Å². The summed E-state index contributed by atoms with van der Waals surface area (Å²) in [6.07, 6.45) is -0.0995. The fraction of sp³-hybridized carbons (Fsp3) is 0.355. The van der Waals surface area contributed by atoms with E-state index < -0.39 is 23.8 Å². The highest BCUT2D eigenvalue weighted by atomic mass is 16.6. The molecule has 0 fully saturated rings. The summed E-state index contributed by atoms with van der Waals surface area (Å²) in [5.41, 5.74) is 6.19. The summed E-state index contributed by atoms with van der Waals surface area (Å²) in [5.74, 6) is -1.04. The van der Waals surface area contributed by atoms with Gasteiger partial charge in [0.2, 0.25) is 0 Å². The molecule has 0 aromatic heterocycles. The van der Waals surface area contributed by atoms with Gasteiger partial charge in [-0.15, -0.1) is 0 Å². The molecule has 0 aliphatic carbocycles. The van der Waals surface area contributed by atoms with Crippen LogP contribution in [0.2, 0.25) is 0 Å². The zero-order chi connectivity index (χ0) is 26.7. The standard InChI is InChI=1S/C31H35NO5/c1-20-13-15-23(16-14-20)27-24-12-9-17-32(30(35)36-19-22-10-7-6-8-11-22)25(24)18-21(2)26(27)28(29(33)34)37-31(3,4)5/h6-8,10-11,13-16,18,28H,9,12,17,19H2,1-5H3,(H,33,34). The van der Waals surface area contributed by atoms with E-state index in [4.69, 9.17) is 9.47 Å². The Morgan fingerprint density at radius 1 is 1.03 bits per heavy atom. The predicted octanol–water partition coefficient (Wildman–Crippen LogP) is 7.00. The first-order chi connectivity index (χ1) is 17.5. The van der Waals surface area contributed by atoms with Crippen LogP contribution in [-0.2, 0) is 27.3 Å². The number of carbonyl (C=O) groups is 2. The molecular weight excluding hydrogens is 466 g/mol. The first-order valence-electron chi connectivity index (χ1n) is 12.7. The van der Waals surface area contributed by atoms with Gasteiger partial charge < -0.3 is 14.6 Å². The summed E-state index contributed by atoms with van der Waals surface area (Å²) in [6, 6.07) is 19.6. The normalized spacial score (nSPS) is 14.1. The number of ether oxygens (including phenoxy) is 2. The number of carboxylic acids is 1. The number of nitrogens with zero attached hydrogens (tertiary/aromatic N) is 1. The van der Waals surface area contributed by atoms with E-state index in [0.717, 1.165) is 51.9 Å². The van der Waals surface area contributed by atoms with Crippen molar-refractivity contribution in [3.63, 3.8) is 0 Å². The Balaban J connectivity index is 1.83. The van der Waals surface area contributed by atoms with Gasteiger partial charge in [-0.05, 0) is 81.3 Å². The number of benzene rings is 3. The molecule has 1 unspecified atom stereocenters. The van der Waals surface area contributed by atoms with Gasteiger partial charge in [-0.1, -0.05) is 60.2 Å². The number of rotatable bonds is 6. The van der Waals surface area contributed by atoms with Crippen molar-refractivity contribution < 1.29 is 24.2 Å². The van der Waals surface area contributed by atoms with Gasteiger partial charge in [0.05, 0.1) is 11.3 Å². The maximum absolute atomic E-state index is 13.2. The van der Waals surface area contributed by atoms with Gasteiger partial charge in [0.15, 0.2) is 6.10 Å². The molecule has 1 amide bonds. The van der Waals surface area contributed by atoms with Crippen molar-refractivity contribution in [2.75, 3.05) is 11.4 Å². The number of aryl methyl sites for hydroxylation is 2. The van der Waals surface area contributed by atoms with E-state index in [0.29, 0.717) is 12.1 Å². The molecule has 3 aromatic carbocycles. The van der Waals surface area contributed by atoms with Gasteiger partial charge in [0.25, 0.3) is 0 Å². The minimum absolute atomic E-state index is 0.188. The van der Waals surface area contributed by atoms with Crippen molar-refractivity contribution in [3.05, 3.63) is 88.5 Å². The van der Waals surface area contributed by atoms with Crippen molar-refractivity contribution >= 4 is 17.7 Å². The summed E-state index contributed by atoms with van der Waals surface area (Å²) in [6.45, 7) is 10.2. The lowest BCUT2D eigenvalue weighted by molar-refractivity contribution is -0.160. The molecule has 37 heavy (non-hydrogen) atoms. The average Bonchev–Trinajstić information content (AvgIpc) is 2.85. The maximum atomic E-state index is 13.2. The Morgan fingerprint density at radius 2 is 1.70 bits per heavy atom. The molecule has 0 saturated heterocycles. The molecule has 3 aromatic rings. The van der Waals surface area contributed by atoms with Gasteiger partial charge in [-0.25, -0.2) is 9.59 Å². The van der Waals surface area contributed by atoms with E-state index in [-0.39, 0.29) is 6.61 Å². The number of aliphatic carboxylic acids is 1. The van der Waals surface area contributed by atoms with Gasteiger partial charge in [-0.3, -0.25) is 4.90 Å². The first-order valence-corrected chi connectivity index (χ1v) is 12.7. The third kappa shape index (κ3) is 6.03. The smallest absolute Gasteiger partial charge is 0.414 e. The van der Waals surface area contributed by atoms with E-state index in [1.54, 1.807) is 4.90 Å². The number of hydrogen-bond donors (Lipinski definition) is 1. The average molecular weight is 502 g/mol. The Labute approximate surface area is 218 Å². The highest BCUT2D eigenvalue weighted by molar-refractivity contribution is 5.94. The fourth-order valence-electron chi connectivity index (χ4n) is 4.85. The van der Waals surface area contributed by atoms with Gasteiger partial charge in [-0.2, -0.15) is 0 Å². The minimum Gasteiger partial charge on any atom is -0.479 e. The summed E-state index contributed by atoms with van der Waals surface area (Å²) >= 11 is 0. The third-order valence-electron chi connectivity index (χ3n) is 6.48. The fourth-order valence-corrected chi connectivity index (χ4v) is 4.85. The topological polar surface area (TPSA) is 76.1 Å². The molecule has 1 aliphatic heterocycles. The van der Waals surface area contributed by atoms with Crippen LogP contribution in [0.15, 0.2) is 60.7 Å². The van der Waals surface area contributed by atoms with E-state index in [2.05, 4.69) is 0 Å². The number of amides is 1. The van der Waals surface area contributed by atoms with Gasteiger partial charge >= 0.3 is 12.1 Å². The lowest BCUT2D eigenvalue weighted by Gasteiger charge is -2.34. The third-order valence-corrected chi connectivity index (χ3v) is 6.48. The van der Waals surface area contributed by atoms with Crippen molar-refractivity contribution in [1.82, 2.24) is 0 Å². The van der Waals surface area contributed by atoms with Crippen LogP contribution in [0.4, 0.5) is 10.5 Å². The number of fused-ring (bicyclic) bond motifs is 1. The number of hydrogen-bond acceptors (Lipinski definition) is 4. The Kier molecular flexibility index (Phi) is 7.69. The van der Waals surface area contributed by atoms with Crippen LogP contribution in [-0.4, -0.2) is 29.3 Å². The number of carboxylic acid groups (broad SMARTS) is 1. The molecule has 0 radical (unpaired) electrons. The van der Waals surface area contributed by atoms with Crippen molar-refractivity contribution in [2.24, 2.45) is 0 Å². The molecule has 0 saturated carbocycles. The Morgan fingerprint density at radius 3 is 2.32 bits per heavy atom. The van der Waals surface area contributed by atoms with Crippen LogP contribution in [0.3, 0.4) is 0 Å². The zero-order valence-corrected chi connectivity index (χ0v) is 22.2. The molecule has 194 valence electrons. The maximum Gasteiger partial charge on any atom is 0.414 e. The molecule has 4 rings (SSSR count). The van der Waals surface area contributed by atoms with Crippen LogP contribution >= 0.6 is 0 Å². The molecule has 0 spiro atoms. The van der Waals surface area contributed by atoms with Crippen LogP contribution in [0, 0.1) is 13.8 Å². The summed E-state index contributed by atoms with van der Waals surface area (Å²) in [7, 11) is 0. The molecule has 0 bridgehead atoms.